The Morgan fingerprint density at radius 3 is 2.61 bits per heavy atom. The summed E-state index contributed by atoms with van der Waals surface area (Å²) in [5, 5.41) is 13.9. The maximum atomic E-state index is 12.2. The highest BCUT2D eigenvalue weighted by Gasteiger charge is 2.13. The average Bonchev–Trinajstić information content (AvgIpc) is 3.17. The zero-order chi connectivity index (χ0) is 21.8. The van der Waals surface area contributed by atoms with E-state index in [2.05, 4.69) is 20.5 Å². The van der Waals surface area contributed by atoms with E-state index in [-0.39, 0.29) is 11.7 Å². The van der Waals surface area contributed by atoms with Crippen LogP contribution in [0.1, 0.15) is 5.69 Å². The van der Waals surface area contributed by atoms with Crippen LogP contribution in [0.15, 0.2) is 65.7 Å². The Balaban J connectivity index is 1.40. The van der Waals surface area contributed by atoms with Crippen molar-refractivity contribution in [2.24, 2.45) is 0 Å². The van der Waals surface area contributed by atoms with E-state index in [0.29, 0.717) is 20.8 Å². The Morgan fingerprint density at radius 2 is 1.87 bits per heavy atom. The quantitative estimate of drug-likeness (QED) is 0.310. The first-order chi connectivity index (χ1) is 15.0. The van der Waals surface area contributed by atoms with E-state index in [1.54, 1.807) is 29.5 Å². The van der Waals surface area contributed by atoms with Crippen LogP contribution in [-0.2, 0) is 4.79 Å². The van der Waals surface area contributed by atoms with E-state index in [1.165, 1.54) is 11.8 Å². The van der Waals surface area contributed by atoms with Crippen molar-refractivity contribution in [3.05, 3.63) is 76.4 Å². The summed E-state index contributed by atoms with van der Waals surface area (Å²) in [7, 11) is 0. The Bertz CT molecular complexity index is 1210. The molecule has 31 heavy (non-hydrogen) atoms. The second-order valence-electron chi connectivity index (χ2n) is 6.52. The summed E-state index contributed by atoms with van der Waals surface area (Å²) in [5.41, 5.74) is 3.23. The van der Waals surface area contributed by atoms with Gasteiger partial charge in [-0.2, -0.15) is 0 Å². The van der Waals surface area contributed by atoms with E-state index < -0.39 is 0 Å². The van der Waals surface area contributed by atoms with E-state index in [4.69, 9.17) is 23.2 Å². The number of amides is 1. The number of rotatable bonds is 6. The highest BCUT2D eigenvalue weighted by molar-refractivity contribution is 7.99. The van der Waals surface area contributed by atoms with E-state index in [0.717, 1.165) is 26.8 Å². The molecule has 0 bridgehead atoms. The number of carbonyl (C=O) groups is 1. The minimum absolute atomic E-state index is 0.175. The fourth-order valence-corrected chi connectivity index (χ4v) is 4.76. The van der Waals surface area contributed by atoms with Crippen LogP contribution in [0, 0.1) is 6.92 Å². The lowest BCUT2D eigenvalue weighted by Crippen LogP contribution is -2.14. The lowest BCUT2D eigenvalue weighted by Gasteiger charge is -2.07. The molecule has 0 fully saturated rings. The van der Waals surface area contributed by atoms with Gasteiger partial charge in [-0.05, 0) is 37.3 Å². The Labute approximate surface area is 197 Å². The molecule has 5 nitrogen and oxygen atoms in total. The van der Waals surface area contributed by atoms with Crippen molar-refractivity contribution in [3.8, 4) is 21.1 Å². The SMILES string of the molecule is Cc1nc(-c2ccccc2)sc1-c1ccc(SCC(=O)Nc2cc(Cl)ccc2Cl)nn1. The first kappa shape index (κ1) is 21.8. The summed E-state index contributed by atoms with van der Waals surface area (Å²) in [4.78, 5) is 17.9. The minimum Gasteiger partial charge on any atom is -0.324 e. The molecule has 0 saturated heterocycles. The van der Waals surface area contributed by atoms with Crippen LogP contribution >= 0.6 is 46.3 Å². The van der Waals surface area contributed by atoms with Crippen molar-refractivity contribution in [2.75, 3.05) is 11.1 Å². The summed E-state index contributed by atoms with van der Waals surface area (Å²) < 4.78 is 0. The van der Waals surface area contributed by atoms with Crippen molar-refractivity contribution in [2.45, 2.75) is 11.9 Å². The maximum absolute atomic E-state index is 12.2. The van der Waals surface area contributed by atoms with E-state index in [1.807, 2.05) is 49.4 Å². The molecule has 0 spiro atoms. The van der Waals surface area contributed by atoms with E-state index >= 15 is 0 Å². The number of anilines is 1. The van der Waals surface area contributed by atoms with Gasteiger partial charge in [0.25, 0.3) is 0 Å². The van der Waals surface area contributed by atoms with Crippen LogP contribution in [0.2, 0.25) is 10.0 Å². The van der Waals surface area contributed by atoms with Gasteiger partial charge < -0.3 is 5.32 Å². The zero-order valence-corrected chi connectivity index (χ0v) is 19.4. The number of aromatic nitrogens is 3. The molecule has 9 heteroatoms. The lowest BCUT2D eigenvalue weighted by atomic mass is 10.2. The predicted molar refractivity (Wildman–Crippen MR) is 129 cm³/mol. The van der Waals surface area contributed by atoms with Crippen LogP contribution in [-0.4, -0.2) is 26.8 Å². The predicted octanol–water partition coefficient (Wildman–Crippen LogP) is 6.61. The van der Waals surface area contributed by atoms with Crippen LogP contribution in [0.25, 0.3) is 21.1 Å². The van der Waals surface area contributed by atoms with Gasteiger partial charge in [0, 0.05) is 10.6 Å². The number of benzene rings is 2. The Hall–Kier alpha value is -2.45. The van der Waals surface area contributed by atoms with Gasteiger partial charge in [-0.1, -0.05) is 65.3 Å². The van der Waals surface area contributed by atoms with E-state index in [9.17, 15) is 4.79 Å². The molecular weight excluding hydrogens is 471 g/mol. The molecule has 4 rings (SSSR count). The normalized spacial score (nSPS) is 10.8. The number of nitrogens with one attached hydrogen (secondary N) is 1. The molecule has 0 aliphatic heterocycles. The number of thiazole rings is 1. The standard InChI is InChI=1S/C22H16Cl2N4OS2/c1-13-21(31-22(25-13)14-5-3-2-4-6-14)17-9-10-20(28-27-17)30-12-19(29)26-18-11-15(23)7-8-16(18)24/h2-11H,12H2,1H3,(H,26,29). The topological polar surface area (TPSA) is 67.8 Å². The summed E-state index contributed by atoms with van der Waals surface area (Å²) >= 11 is 14.9. The molecule has 2 aromatic heterocycles. The molecule has 0 saturated carbocycles. The molecule has 0 unspecified atom stereocenters. The molecule has 0 radical (unpaired) electrons. The number of aryl methyl sites for hydroxylation is 1. The molecule has 0 aliphatic carbocycles. The molecule has 0 aliphatic rings. The van der Waals surface area contributed by atoms with Crippen LogP contribution in [0.3, 0.4) is 0 Å². The maximum Gasteiger partial charge on any atom is 0.234 e. The molecule has 1 amide bonds. The van der Waals surface area contributed by atoms with Gasteiger partial charge in [-0.25, -0.2) is 4.98 Å². The first-order valence-corrected chi connectivity index (χ1v) is 11.8. The number of carbonyl (C=O) groups excluding carboxylic acids is 1. The fraction of sp³-hybridized carbons (Fsp3) is 0.0909. The Kier molecular flexibility index (Phi) is 6.87. The molecule has 2 heterocycles. The van der Waals surface area contributed by atoms with Gasteiger partial charge in [0.15, 0.2) is 0 Å². The van der Waals surface area contributed by atoms with Crippen LogP contribution < -0.4 is 5.32 Å². The third-order valence-corrected chi connectivity index (χ3v) is 6.96. The van der Waals surface area contributed by atoms with Gasteiger partial charge in [0.05, 0.1) is 27.0 Å². The smallest absolute Gasteiger partial charge is 0.234 e. The van der Waals surface area contributed by atoms with Gasteiger partial charge >= 0.3 is 0 Å². The average molecular weight is 487 g/mol. The van der Waals surface area contributed by atoms with Gasteiger partial charge in [-0.15, -0.1) is 21.5 Å². The van der Waals surface area contributed by atoms with Gasteiger partial charge in [0.2, 0.25) is 5.91 Å². The molecule has 0 atom stereocenters. The summed E-state index contributed by atoms with van der Waals surface area (Å²) in [6.45, 7) is 1.97. The van der Waals surface area contributed by atoms with Crippen LogP contribution in [0.4, 0.5) is 5.69 Å². The van der Waals surface area contributed by atoms with Gasteiger partial charge in [0.1, 0.15) is 15.7 Å². The molecule has 2 aromatic carbocycles. The van der Waals surface area contributed by atoms with Crippen molar-refractivity contribution >= 4 is 57.9 Å². The third kappa shape index (κ3) is 5.43. The Morgan fingerprint density at radius 1 is 1.06 bits per heavy atom. The minimum atomic E-state index is -0.203. The zero-order valence-electron chi connectivity index (χ0n) is 16.3. The third-order valence-electron chi connectivity index (χ3n) is 4.24. The van der Waals surface area contributed by atoms with Crippen molar-refractivity contribution < 1.29 is 4.79 Å². The number of hydrogen-bond acceptors (Lipinski definition) is 6. The van der Waals surface area contributed by atoms with Crippen LogP contribution in [0.5, 0.6) is 0 Å². The number of halogens is 2. The second kappa shape index (κ2) is 9.78. The summed E-state index contributed by atoms with van der Waals surface area (Å²) in [5.74, 6) is -0.0277. The lowest BCUT2D eigenvalue weighted by molar-refractivity contribution is -0.113. The fourth-order valence-electron chi connectivity index (χ4n) is 2.78. The second-order valence-corrected chi connectivity index (χ2v) is 9.36. The molecular formula is C22H16Cl2N4OS2. The summed E-state index contributed by atoms with van der Waals surface area (Å²) in [6.07, 6.45) is 0. The molecule has 156 valence electrons. The van der Waals surface area contributed by atoms with Gasteiger partial charge in [-0.3, -0.25) is 4.79 Å². The van der Waals surface area contributed by atoms with Crippen molar-refractivity contribution in [1.82, 2.24) is 15.2 Å². The number of hydrogen-bond donors (Lipinski definition) is 1. The number of thioether (sulfide) groups is 1. The molecule has 1 N–H and O–H groups in total. The summed E-state index contributed by atoms with van der Waals surface area (Å²) in [6, 6.07) is 18.7. The largest absolute Gasteiger partial charge is 0.324 e. The highest BCUT2D eigenvalue weighted by Crippen LogP contribution is 2.34. The van der Waals surface area contributed by atoms with Crippen molar-refractivity contribution in [1.29, 1.82) is 0 Å². The monoisotopic (exact) mass is 486 g/mol. The highest BCUT2D eigenvalue weighted by atomic mass is 35.5. The first-order valence-electron chi connectivity index (χ1n) is 9.24. The molecule has 4 aromatic rings. The van der Waals surface area contributed by atoms with Crippen molar-refractivity contribution in [3.63, 3.8) is 0 Å². The number of nitrogens with zero attached hydrogens (tertiary/aromatic N) is 3.